The summed E-state index contributed by atoms with van der Waals surface area (Å²) in [6.07, 6.45) is 0. The van der Waals surface area contributed by atoms with Crippen LogP contribution in [0.25, 0.3) is 0 Å². The molecule has 0 saturated heterocycles. The minimum atomic E-state index is -0.185. The molecule has 17 heavy (non-hydrogen) atoms. The van der Waals surface area contributed by atoms with Gasteiger partial charge >= 0.3 is 0 Å². The largest absolute Gasteiger partial charge is 0.355 e. The third kappa shape index (κ3) is 3.71. The summed E-state index contributed by atoms with van der Waals surface area (Å²) in [5, 5.41) is 11.4. The van der Waals surface area contributed by atoms with Gasteiger partial charge in [-0.25, -0.2) is 0 Å². The number of amides is 1. The predicted molar refractivity (Wildman–Crippen MR) is 67.8 cm³/mol. The van der Waals surface area contributed by atoms with Gasteiger partial charge in [-0.3, -0.25) is 4.79 Å². The lowest BCUT2D eigenvalue weighted by atomic mass is 10.4. The molecule has 1 atom stereocenters. The predicted octanol–water partition coefficient (Wildman–Crippen LogP) is 0.162. The molecule has 0 aliphatic rings. The first-order valence-corrected chi connectivity index (χ1v) is 6.52. The molecule has 0 aliphatic carbocycles. The van der Waals surface area contributed by atoms with Gasteiger partial charge in [-0.15, -0.1) is 10.2 Å². The third-order valence-electron chi connectivity index (χ3n) is 2.26. The second kappa shape index (κ2) is 6.61. The zero-order valence-electron chi connectivity index (χ0n) is 10.4. The molecule has 3 N–H and O–H groups in total. The fourth-order valence-electron chi connectivity index (χ4n) is 1.36. The second-order valence-corrected chi connectivity index (χ2v) is 4.93. The van der Waals surface area contributed by atoms with Gasteiger partial charge in [0.1, 0.15) is 5.82 Å². The van der Waals surface area contributed by atoms with Crippen LogP contribution in [-0.4, -0.2) is 39.0 Å². The van der Waals surface area contributed by atoms with Crippen LogP contribution in [0.2, 0.25) is 0 Å². The first-order chi connectivity index (χ1) is 8.10. The lowest BCUT2D eigenvalue weighted by Gasteiger charge is -2.11. The smallest absolute Gasteiger partial charge is 0.233 e. The van der Waals surface area contributed by atoms with Crippen molar-refractivity contribution in [3.8, 4) is 0 Å². The Labute approximate surface area is 105 Å². The van der Waals surface area contributed by atoms with Crippen molar-refractivity contribution in [2.24, 2.45) is 5.73 Å². The van der Waals surface area contributed by atoms with Crippen LogP contribution >= 0.6 is 11.8 Å². The standard InChI is InChI=1S/C10H19N5OS/c1-4-12-9(16)7(2)17-10-14-13-8(3)15(10)6-5-11/h7H,4-6,11H2,1-3H3,(H,12,16). The van der Waals surface area contributed by atoms with Crippen molar-refractivity contribution in [1.82, 2.24) is 20.1 Å². The van der Waals surface area contributed by atoms with Crippen LogP contribution < -0.4 is 11.1 Å². The van der Waals surface area contributed by atoms with Crippen molar-refractivity contribution in [3.63, 3.8) is 0 Å². The number of aryl methyl sites for hydroxylation is 1. The van der Waals surface area contributed by atoms with Crippen molar-refractivity contribution in [1.29, 1.82) is 0 Å². The number of nitrogens with two attached hydrogens (primary N) is 1. The summed E-state index contributed by atoms with van der Waals surface area (Å²) >= 11 is 1.40. The summed E-state index contributed by atoms with van der Waals surface area (Å²) in [6.45, 7) is 7.47. The Morgan fingerprint density at radius 1 is 1.59 bits per heavy atom. The first-order valence-electron chi connectivity index (χ1n) is 5.64. The Morgan fingerprint density at radius 3 is 2.88 bits per heavy atom. The maximum Gasteiger partial charge on any atom is 0.233 e. The molecule has 1 aromatic heterocycles. The van der Waals surface area contributed by atoms with E-state index in [4.69, 9.17) is 5.73 Å². The number of carbonyl (C=O) groups excluding carboxylic acids is 1. The molecule has 0 radical (unpaired) electrons. The highest BCUT2D eigenvalue weighted by Gasteiger charge is 2.18. The van der Waals surface area contributed by atoms with Gasteiger partial charge in [0.05, 0.1) is 5.25 Å². The molecule has 0 bridgehead atoms. The zero-order valence-corrected chi connectivity index (χ0v) is 11.3. The summed E-state index contributed by atoms with van der Waals surface area (Å²) in [7, 11) is 0. The summed E-state index contributed by atoms with van der Waals surface area (Å²) in [4.78, 5) is 11.6. The van der Waals surface area contributed by atoms with E-state index in [1.54, 1.807) is 0 Å². The minimum Gasteiger partial charge on any atom is -0.355 e. The number of carbonyl (C=O) groups is 1. The van der Waals surface area contributed by atoms with E-state index in [1.807, 2.05) is 25.3 Å². The lowest BCUT2D eigenvalue weighted by molar-refractivity contribution is -0.120. The van der Waals surface area contributed by atoms with Crippen molar-refractivity contribution in [2.45, 2.75) is 37.7 Å². The van der Waals surface area contributed by atoms with E-state index in [9.17, 15) is 4.79 Å². The van der Waals surface area contributed by atoms with Crippen molar-refractivity contribution in [2.75, 3.05) is 13.1 Å². The average molecular weight is 257 g/mol. The number of nitrogens with one attached hydrogen (secondary N) is 1. The van der Waals surface area contributed by atoms with Gasteiger partial charge in [0.15, 0.2) is 5.16 Å². The Morgan fingerprint density at radius 2 is 2.29 bits per heavy atom. The Balaban J connectivity index is 2.70. The fraction of sp³-hybridized carbons (Fsp3) is 0.700. The van der Waals surface area contributed by atoms with Crippen molar-refractivity contribution in [3.05, 3.63) is 5.82 Å². The summed E-state index contributed by atoms with van der Waals surface area (Å²) in [6, 6.07) is 0. The van der Waals surface area contributed by atoms with Crippen LogP contribution in [0.5, 0.6) is 0 Å². The molecule has 1 heterocycles. The lowest BCUT2D eigenvalue weighted by Crippen LogP contribution is -2.30. The molecule has 96 valence electrons. The SMILES string of the molecule is CCNC(=O)C(C)Sc1nnc(C)n1CCN. The monoisotopic (exact) mass is 257 g/mol. The topological polar surface area (TPSA) is 85.8 Å². The van der Waals surface area contributed by atoms with Crippen LogP contribution in [0.15, 0.2) is 5.16 Å². The molecule has 0 fully saturated rings. The molecule has 1 amide bonds. The maximum atomic E-state index is 11.6. The normalized spacial score (nSPS) is 12.5. The molecule has 1 unspecified atom stereocenters. The van der Waals surface area contributed by atoms with Crippen LogP contribution in [0.4, 0.5) is 0 Å². The third-order valence-corrected chi connectivity index (χ3v) is 3.34. The number of nitrogens with zero attached hydrogens (tertiary/aromatic N) is 3. The molecule has 6 nitrogen and oxygen atoms in total. The average Bonchev–Trinajstić information content (AvgIpc) is 2.62. The Kier molecular flexibility index (Phi) is 5.43. The zero-order chi connectivity index (χ0) is 12.8. The van der Waals surface area contributed by atoms with E-state index >= 15 is 0 Å². The molecule has 7 heteroatoms. The van der Waals surface area contributed by atoms with Gasteiger partial charge in [-0.1, -0.05) is 11.8 Å². The number of aromatic nitrogens is 3. The van der Waals surface area contributed by atoms with Gasteiger partial charge in [0.2, 0.25) is 5.91 Å². The number of thioether (sulfide) groups is 1. The van der Waals surface area contributed by atoms with Gasteiger partial charge < -0.3 is 15.6 Å². The van der Waals surface area contributed by atoms with Gasteiger partial charge in [0.25, 0.3) is 0 Å². The first kappa shape index (κ1) is 14.0. The highest BCUT2D eigenvalue weighted by molar-refractivity contribution is 8.00. The molecular weight excluding hydrogens is 238 g/mol. The van der Waals surface area contributed by atoms with Crippen LogP contribution in [-0.2, 0) is 11.3 Å². The second-order valence-electron chi connectivity index (χ2n) is 3.62. The summed E-state index contributed by atoms with van der Waals surface area (Å²) < 4.78 is 1.93. The Bertz CT molecular complexity index is 379. The molecular formula is C10H19N5OS. The van der Waals surface area contributed by atoms with E-state index in [0.717, 1.165) is 11.0 Å². The molecule has 1 rings (SSSR count). The maximum absolute atomic E-state index is 11.6. The van der Waals surface area contributed by atoms with Crippen LogP contribution in [0, 0.1) is 6.92 Å². The van der Waals surface area contributed by atoms with Gasteiger partial charge in [-0.2, -0.15) is 0 Å². The van der Waals surface area contributed by atoms with E-state index in [1.165, 1.54) is 11.8 Å². The fourth-order valence-corrected chi connectivity index (χ4v) is 2.31. The quantitative estimate of drug-likeness (QED) is 0.709. The van der Waals surface area contributed by atoms with Crippen molar-refractivity contribution < 1.29 is 4.79 Å². The Hall–Kier alpha value is -1.08. The van der Waals surface area contributed by atoms with E-state index in [2.05, 4.69) is 15.5 Å². The van der Waals surface area contributed by atoms with Gasteiger partial charge in [-0.05, 0) is 20.8 Å². The summed E-state index contributed by atoms with van der Waals surface area (Å²) in [5.74, 6) is 0.832. The van der Waals surface area contributed by atoms with E-state index < -0.39 is 0 Å². The van der Waals surface area contributed by atoms with Crippen molar-refractivity contribution >= 4 is 17.7 Å². The molecule has 0 spiro atoms. The number of hydrogen-bond acceptors (Lipinski definition) is 5. The molecule has 1 aromatic rings. The summed E-state index contributed by atoms with van der Waals surface area (Å²) in [5.41, 5.74) is 5.53. The number of rotatable bonds is 6. The highest BCUT2D eigenvalue weighted by atomic mass is 32.2. The van der Waals surface area contributed by atoms with E-state index in [0.29, 0.717) is 19.6 Å². The van der Waals surface area contributed by atoms with Gasteiger partial charge in [0, 0.05) is 19.6 Å². The highest BCUT2D eigenvalue weighted by Crippen LogP contribution is 2.21. The van der Waals surface area contributed by atoms with E-state index in [-0.39, 0.29) is 11.2 Å². The minimum absolute atomic E-state index is 0.0115. The molecule has 0 aliphatic heterocycles. The molecule has 0 aromatic carbocycles. The molecule has 0 saturated carbocycles. The van der Waals surface area contributed by atoms with Crippen LogP contribution in [0.1, 0.15) is 19.7 Å². The number of hydrogen-bond donors (Lipinski definition) is 2. The van der Waals surface area contributed by atoms with Crippen LogP contribution in [0.3, 0.4) is 0 Å².